The van der Waals surface area contributed by atoms with Crippen LogP contribution < -0.4 is 16.0 Å². The minimum Gasteiger partial charge on any atom is -0.315 e. The summed E-state index contributed by atoms with van der Waals surface area (Å²) >= 11 is 0.736. The second-order valence-corrected chi connectivity index (χ2v) is 11.2. The van der Waals surface area contributed by atoms with Gasteiger partial charge in [0.1, 0.15) is 0 Å². The Balaban J connectivity index is 1.72. The number of hydrogen-bond acceptors (Lipinski definition) is 5. The van der Waals surface area contributed by atoms with Crippen LogP contribution in [0.15, 0.2) is 54.6 Å². The lowest BCUT2D eigenvalue weighted by Gasteiger charge is -2.18. The van der Waals surface area contributed by atoms with Gasteiger partial charge in [-0.1, -0.05) is 38.8 Å². The number of hydrogen-bond donors (Lipinski definition) is 3. The van der Waals surface area contributed by atoms with Gasteiger partial charge in [0, 0.05) is 18.8 Å². The van der Waals surface area contributed by atoms with Gasteiger partial charge in [-0.25, -0.2) is 13.8 Å². The second kappa shape index (κ2) is 11.8. The summed E-state index contributed by atoms with van der Waals surface area (Å²) in [6.07, 6.45) is -2.65. The van der Waals surface area contributed by atoms with Gasteiger partial charge in [-0.15, -0.1) is 11.3 Å². The number of rotatable bonds is 8. The molecule has 2 aromatic heterocycles. The van der Waals surface area contributed by atoms with E-state index in [1.807, 2.05) is 24.3 Å². The zero-order chi connectivity index (χ0) is 28.2. The van der Waals surface area contributed by atoms with Gasteiger partial charge < -0.3 is 10.6 Å². The molecule has 0 aliphatic rings. The van der Waals surface area contributed by atoms with E-state index in [-0.39, 0.29) is 21.1 Å². The molecule has 202 valence electrons. The minimum atomic E-state index is -2.65. The van der Waals surface area contributed by atoms with Crippen molar-refractivity contribution in [2.75, 3.05) is 17.2 Å². The molecule has 0 bridgehead atoms. The molecule has 2 aromatic carbocycles. The number of imidazole rings is 1. The Morgan fingerprint density at radius 1 is 1.08 bits per heavy atom. The van der Waals surface area contributed by atoms with Crippen LogP contribution in [-0.4, -0.2) is 27.9 Å². The molecule has 0 spiro atoms. The fraction of sp³-hybridized carbons (Fsp3) is 0.276. The number of alkyl halides is 2. The number of halogens is 2. The highest BCUT2D eigenvalue weighted by Crippen LogP contribution is 2.30. The number of fused-ring (bicyclic) bond motifs is 1. The molecule has 0 radical (unpaired) electrons. The SMILES string of the molecule is CC#CC(=O)Nc1cccc(-n2c(NC(=O)c3ccc(C(F)F)s3)nc3cc(CNCC(C)(C)C)ccc32)c1. The first-order valence-electron chi connectivity index (χ1n) is 12.3. The third kappa shape index (κ3) is 7.07. The van der Waals surface area contributed by atoms with Gasteiger partial charge in [0.15, 0.2) is 0 Å². The molecule has 0 aliphatic heterocycles. The molecule has 0 fully saturated rings. The van der Waals surface area contributed by atoms with E-state index in [0.717, 1.165) is 29.0 Å². The van der Waals surface area contributed by atoms with E-state index in [1.165, 1.54) is 12.1 Å². The Labute approximate surface area is 229 Å². The van der Waals surface area contributed by atoms with Crippen LogP contribution in [0.1, 0.15) is 54.2 Å². The van der Waals surface area contributed by atoms with E-state index < -0.39 is 18.2 Å². The monoisotopic (exact) mass is 549 g/mol. The van der Waals surface area contributed by atoms with Gasteiger partial charge >= 0.3 is 0 Å². The molecule has 0 atom stereocenters. The van der Waals surface area contributed by atoms with Gasteiger partial charge in [0.2, 0.25) is 5.95 Å². The van der Waals surface area contributed by atoms with Crippen LogP contribution in [0.4, 0.5) is 20.4 Å². The highest BCUT2D eigenvalue weighted by atomic mass is 32.1. The summed E-state index contributed by atoms with van der Waals surface area (Å²) < 4.78 is 27.9. The zero-order valence-corrected chi connectivity index (χ0v) is 22.9. The van der Waals surface area contributed by atoms with Crippen molar-refractivity contribution < 1.29 is 18.4 Å². The van der Waals surface area contributed by atoms with Crippen LogP contribution in [0.25, 0.3) is 16.7 Å². The van der Waals surface area contributed by atoms with Crippen molar-refractivity contribution in [2.45, 2.75) is 40.7 Å². The summed E-state index contributed by atoms with van der Waals surface area (Å²) in [7, 11) is 0. The highest BCUT2D eigenvalue weighted by Gasteiger charge is 2.20. The zero-order valence-electron chi connectivity index (χ0n) is 22.1. The van der Waals surface area contributed by atoms with Crippen molar-refractivity contribution in [3.05, 3.63) is 69.9 Å². The van der Waals surface area contributed by atoms with Gasteiger partial charge in [-0.3, -0.25) is 19.5 Å². The van der Waals surface area contributed by atoms with Crippen LogP contribution in [0.3, 0.4) is 0 Å². The summed E-state index contributed by atoms with van der Waals surface area (Å²) in [5.41, 5.74) is 3.67. The van der Waals surface area contributed by atoms with Crippen molar-refractivity contribution in [3.63, 3.8) is 0 Å². The third-order valence-corrected chi connectivity index (χ3v) is 6.69. The molecule has 39 heavy (non-hydrogen) atoms. The van der Waals surface area contributed by atoms with Crippen molar-refractivity contribution in [3.8, 4) is 17.5 Å². The van der Waals surface area contributed by atoms with Gasteiger partial charge in [-0.05, 0) is 66.3 Å². The van der Waals surface area contributed by atoms with Crippen molar-refractivity contribution in [1.82, 2.24) is 14.9 Å². The van der Waals surface area contributed by atoms with Crippen LogP contribution in [0.2, 0.25) is 0 Å². The Hall–Kier alpha value is -4.07. The number of benzene rings is 2. The third-order valence-electron chi connectivity index (χ3n) is 5.60. The van der Waals surface area contributed by atoms with Gasteiger partial charge in [0.25, 0.3) is 18.2 Å². The fourth-order valence-corrected chi connectivity index (χ4v) is 4.68. The molecular weight excluding hydrogens is 520 g/mol. The molecule has 0 aliphatic carbocycles. The Kier molecular flexibility index (Phi) is 8.43. The number of carbonyl (C=O) groups excluding carboxylic acids is 2. The molecule has 7 nitrogen and oxygen atoms in total. The molecular formula is C29H29F2N5O2S. The number of nitrogens with one attached hydrogen (secondary N) is 3. The maximum absolute atomic E-state index is 13.1. The molecule has 4 aromatic rings. The lowest BCUT2D eigenvalue weighted by atomic mass is 9.97. The van der Waals surface area contributed by atoms with E-state index in [0.29, 0.717) is 23.4 Å². The van der Waals surface area contributed by atoms with Gasteiger partial charge in [0.05, 0.1) is 26.5 Å². The van der Waals surface area contributed by atoms with E-state index in [2.05, 4.69) is 53.5 Å². The minimum absolute atomic E-state index is 0.137. The summed E-state index contributed by atoms with van der Waals surface area (Å²) in [4.78, 5) is 29.7. The first kappa shape index (κ1) is 28.0. The second-order valence-electron chi connectivity index (χ2n) is 10.1. The fourth-order valence-electron chi connectivity index (χ4n) is 3.92. The molecule has 10 heteroatoms. The predicted molar refractivity (Wildman–Crippen MR) is 152 cm³/mol. The van der Waals surface area contributed by atoms with E-state index in [9.17, 15) is 18.4 Å². The molecule has 2 heterocycles. The number of thiophene rings is 1. The summed E-state index contributed by atoms with van der Waals surface area (Å²) in [6, 6.07) is 15.5. The Morgan fingerprint density at radius 2 is 1.87 bits per heavy atom. The molecule has 4 rings (SSSR count). The summed E-state index contributed by atoms with van der Waals surface area (Å²) in [5, 5.41) is 8.95. The van der Waals surface area contributed by atoms with Crippen LogP contribution in [-0.2, 0) is 11.3 Å². The number of amides is 2. The van der Waals surface area contributed by atoms with E-state index >= 15 is 0 Å². The predicted octanol–water partition coefficient (Wildman–Crippen LogP) is 6.37. The molecule has 0 saturated carbocycles. The Morgan fingerprint density at radius 3 is 2.56 bits per heavy atom. The Bertz CT molecular complexity index is 1570. The van der Waals surface area contributed by atoms with E-state index in [1.54, 1.807) is 29.7 Å². The van der Waals surface area contributed by atoms with Crippen molar-refractivity contribution >= 4 is 45.8 Å². The van der Waals surface area contributed by atoms with Crippen LogP contribution in [0.5, 0.6) is 0 Å². The smallest absolute Gasteiger partial charge is 0.300 e. The summed E-state index contributed by atoms with van der Waals surface area (Å²) in [5.74, 6) is 4.23. The number of aromatic nitrogens is 2. The first-order valence-corrected chi connectivity index (χ1v) is 13.1. The average Bonchev–Trinajstić information content (AvgIpc) is 3.48. The lowest BCUT2D eigenvalue weighted by molar-refractivity contribution is -0.111. The lowest BCUT2D eigenvalue weighted by Crippen LogP contribution is -2.26. The normalized spacial score (nSPS) is 11.4. The van der Waals surface area contributed by atoms with Crippen LogP contribution >= 0.6 is 11.3 Å². The molecule has 0 saturated heterocycles. The number of anilines is 2. The first-order chi connectivity index (χ1) is 18.5. The van der Waals surface area contributed by atoms with Gasteiger partial charge in [-0.2, -0.15) is 0 Å². The van der Waals surface area contributed by atoms with Crippen molar-refractivity contribution in [2.24, 2.45) is 5.41 Å². The highest BCUT2D eigenvalue weighted by molar-refractivity contribution is 7.14. The molecule has 2 amide bonds. The molecule has 3 N–H and O–H groups in total. The number of nitrogens with zero attached hydrogens (tertiary/aromatic N) is 2. The van der Waals surface area contributed by atoms with Crippen LogP contribution in [0, 0.1) is 17.3 Å². The summed E-state index contributed by atoms with van der Waals surface area (Å²) in [6.45, 7) is 9.53. The standard InChI is InChI=1S/C29H29F2N5O2S/c1-5-7-25(37)33-19-8-6-9-20(15-19)36-22-11-10-18(16-32-17-29(2,3)4)14-21(22)34-28(36)35-27(38)24-13-12-23(39-24)26(30)31/h6,8-15,26,32H,16-17H2,1-4H3,(H,33,37)(H,34,35,38). The average molecular weight is 550 g/mol. The topological polar surface area (TPSA) is 88.1 Å². The maximum atomic E-state index is 13.1. The molecule has 0 unspecified atom stereocenters. The van der Waals surface area contributed by atoms with E-state index in [4.69, 9.17) is 0 Å². The van der Waals surface area contributed by atoms with Crippen molar-refractivity contribution in [1.29, 1.82) is 0 Å². The maximum Gasteiger partial charge on any atom is 0.300 e. The largest absolute Gasteiger partial charge is 0.315 e. The number of carbonyl (C=O) groups is 2. The quantitative estimate of drug-likeness (QED) is 0.223.